The third kappa shape index (κ3) is 3.89. The van der Waals surface area contributed by atoms with Crippen LogP contribution in [0.15, 0.2) is 64.1 Å². The molecule has 4 aromatic rings. The zero-order valence-corrected chi connectivity index (χ0v) is 16.6. The van der Waals surface area contributed by atoms with Crippen LogP contribution < -0.4 is 10.8 Å². The normalized spacial score (nSPS) is 11.8. The number of rotatable bonds is 3. The highest BCUT2D eigenvalue weighted by molar-refractivity contribution is 6.30. The first-order valence-electron chi connectivity index (χ1n) is 8.90. The monoisotopic (exact) mass is 390 g/mol. The molecule has 0 fully saturated rings. The van der Waals surface area contributed by atoms with Crippen molar-refractivity contribution in [3.8, 4) is 11.3 Å². The average molecular weight is 391 g/mol. The molecule has 5 nitrogen and oxygen atoms in total. The molecule has 0 aliphatic heterocycles. The Morgan fingerprint density at radius 1 is 0.893 bits per heavy atom. The maximum atomic E-state index is 6.11. The fraction of sp³-hybridized carbons (Fsp3) is 0.136. The molecule has 0 bridgehead atoms. The quantitative estimate of drug-likeness (QED) is 0.476. The Bertz CT molecular complexity index is 1210. The number of aromatic nitrogens is 2. The number of benzene rings is 2. The summed E-state index contributed by atoms with van der Waals surface area (Å²) in [6, 6.07) is 17.4. The minimum absolute atomic E-state index is 0.465. The van der Waals surface area contributed by atoms with Crippen molar-refractivity contribution in [3.05, 3.63) is 81.9 Å². The standard InChI is InChI=1S/C22H19ClN4O/c1-13-4-9-20-18(10-13)19(26-27-22-24-14(2)11-15(3)25-22)12-21(28-20)16-5-7-17(23)8-6-16/h4-12H,1-3H3,(H,24,25,27). The summed E-state index contributed by atoms with van der Waals surface area (Å²) in [5.74, 6) is 1.17. The Balaban J connectivity index is 1.86. The summed E-state index contributed by atoms with van der Waals surface area (Å²) in [6.07, 6.45) is 0. The van der Waals surface area contributed by atoms with Gasteiger partial charge in [-0.1, -0.05) is 23.2 Å². The molecule has 0 atom stereocenters. The third-order valence-electron chi connectivity index (χ3n) is 4.29. The highest BCUT2D eigenvalue weighted by Crippen LogP contribution is 2.24. The topological polar surface area (TPSA) is 63.3 Å². The molecule has 2 heterocycles. The summed E-state index contributed by atoms with van der Waals surface area (Å²) in [7, 11) is 0. The predicted octanol–water partition coefficient (Wildman–Crippen LogP) is 5.40. The van der Waals surface area contributed by atoms with Crippen LogP contribution >= 0.6 is 11.6 Å². The lowest BCUT2D eigenvalue weighted by molar-refractivity contribution is 0.618. The lowest BCUT2D eigenvalue weighted by Gasteiger charge is -2.07. The molecule has 6 heteroatoms. The van der Waals surface area contributed by atoms with E-state index in [1.807, 2.05) is 75.4 Å². The van der Waals surface area contributed by atoms with E-state index in [4.69, 9.17) is 16.0 Å². The van der Waals surface area contributed by atoms with Crippen LogP contribution in [0.3, 0.4) is 0 Å². The fourth-order valence-electron chi connectivity index (χ4n) is 3.02. The highest BCUT2D eigenvalue weighted by atomic mass is 35.5. The van der Waals surface area contributed by atoms with Crippen molar-refractivity contribution in [2.24, 2.45) is 5.10 Å². The van der Waals surface area contributed by atoms with Crippen molar-refractivity contribution < 1.29 is 4.42 Å². The molecular formula is C22H19ClN4O. The average Bonchev–Trinajstić information content (AvgIpc) is 2.66. The fourth-order valence-corrected chi connectivity index (χ4v) is 3.14. The zero-order chi connectivity index (χ0) is 19.7. The number of hydrogen-bond acceptors (Lipinski definition) is 5. The van der Waals surface area contributed by atoms with Crippen molar-refractivity contribution in [2.45, 2.75) is 20.8 Å². The van der Waals surface area contributed by atoms with Gasteiger partial charge in [0.25, 0.3) is 0 Å². The number of hydrogen-bond donors (Lipinski definition) is 1. The molecule has 0 aliphatic rings. The summed E-state index contributed by atoms with van der Waals surface area (Å²) in [5, 5.41) is 6.91. The Morgan fingerprint density at radius 3 is 2.32 bits per heavy atom. The van der Waals surface area contributed by atoms with Crippen molar-refractivity contribution in [2.75, 3.05) is 5.43 Å². The van der Waals surface area contributed by atoms with Gasteiger partial charge in [0.05, 0.1) is 5.36 Å². The van der Waals surface area contributed by atoms with Crippen molar-refractivity contribution in [3.63, 3.8) is 0 Å². The van der Waals surface area contributed by atoms with Gasteiger partial charge in [-0.25, -0.2) is 15.4 Å². The van der Waals surface area contributed by atoms with Crippen LogP contribution in [0.2, 0.25) is 5.02 Å². The second-order valence-electron chi connectivity index (χ2n) is 6.70. The van der Waals surface area contributed by atoms with Gasteiger partial charge in [-0.3, -0.25) is 0 Å². The van der Waals surface area contributed by atoms with Crippen LogP contribution in [0.4, 0.5) is 5.95 Å². The molecule has 1 N–H and O–H groups in total. The molecular weight excluding hydrogens is 372 g/mol. The van der Waals surface area contributed by atoms with E-state index in [9.17, 15) is 0 Å². The van der Waals surface area contributed by atoms with Crippen molar-refractivity contribution in [1.82, 2.24) is 9.97 Å². The molecule has 0 spiro atoms. The van der Waals surface area contributed by atoms with E-state index in [0.717, 1.165) is 38.8 Å². The second kappa shape index (κ2) is 7.44. The minimum atomic E-state index is 0.465. The zero-order valence-electron chi connectivity index (χ0n) is 15.8. The predicted molar refractivity (Wildman–Crippen MR) is 112 cm³/mol. The third-order valence-corrected chi connectivity index (χ3v) is 4.54. The molecule has 0 amide bonds. The van der Waals surface area contributed by atoms with E-state index in [1.54, 1.807) is 0 Å². The minimum Gasteiger partial charge on any atom is -0.456 e. The van der Waals surface area contributed by atoms with Gasteiger partial charge >= 0.3 is 0 Å². The van der Waals surface area contributed by atoms with Crippen molar-refractivity contribution >= 4 is 28.5 Å². The van der Waals surface area contributed by atoms with E-state index in [0.29, 0.717) is 16.7 Å². The maximum Gasteiger partial charge on any atom is 0.243 e. The van der Waals surface area contributed by atoms with Gasteiger partial charge in [0.2, 0.25) is 5.95 Å². The van der Waals surface area contributed by atoms with Gasteiger partial charge in [-0.15, -0.1) is 0 Å². The number of fused-ring (bicyclic) bond motifs is 1. The van der Waals surface area contributed by atoms with E-state index in [2.05, 4.69) is 20.5 Å². The number of nitrogens with one attached hydrogen (secondary N) is 1. The number of aryl methyl sites for hydroxylation is 3. The van der Waals surface area contributed by atoms with E-state index >= 15 is 0 Å². The molecule has 4 rings (SSSR count). The summed E-state index contributed by atoms with van der Waals surface area (Å²) in [4.78, 5) is 8.77. The van der Waals surface area contributed by atoms with Gasteiger partial charge in [0.1, 0.15) is 11.3 Å². The molecule has 2 aromatic carbocycles. The first kappa shape index (κ1) is 18.2. The van der Waals surface area contributed by atoms with Gasteiger partial charge in [-0.05, 0) is 63.2 Å². The first-order chi connectivity index (χ1) is 13.5. The maximum absolute atomic E-state index is 6.11. The largest absolute Gasteiger partial charge is 0.456 e. The highest BCUT2D eigenvalue weighted by Gasteiger charge is 2.07. The number of halogens is 1. The summed E-state index contributed by atoms with van der Waals surface area (Å²) in [5.41, 5.74) is 7.55. The summed E-state index contributed by atoms with van der Waals surface area (Å²) in [6.45, 7) is 5.90. The van der Waals surface area contributed by atoms with Crippen LogP contribution in [0.25, 0.3) is 22.3 Å². The van der Waals surface area contributed by atoms with Crippen LogP contribution in [-0.2, 0) is 0 Å². The molecule has 0 unspecified atom stereocenters. The second-order valence-corrected chi connectivity index (χ2v) is 7.14. The molecule has 0 saturated heterocycles. The first-order valence-corrected chi connectivity index (χ1v) is 9.28. The number of anilines is 1. The molecule has 0 radical (unpaired) electrons. The number of nitrogens with zero attached hydrogens (tertiary/aromatic N) is 3. The summed E-state index contributed by atoms with van der Waals surface area (Å²) < 4.78 is 6.11. The van der Waals surface area contributed by atoms with Gasteiger partial charge < -0.3 is 4.42 Å². The van der Waals surface area contributed by atoms with Crippen LogP contribution in [0.5, 0.6) is 0 Å². The molecule has 2 aromatic heterocycles. The molecule has 0 saturated carbocycles. The molecule has 28 heavy (non-hydrogen) atoms. The van der Waals surface area contributed by atoms with Crippen LogP contribution in [0.1, 0.15) is 17.0 Å². The van der Waals surface area contributed by atoms with E-state index in [1.165, 1.54) is 0 Å². The van der Waals surface area contributed by atoms with Gasteiger partial charge in [0, 0.05) is 33.4 Å². The van der Waals surface area contributed by atoms with Gasteiger partial charge in [0.15, 0.2) is 0 Å². The Morgan fingerprint density at radius 2 is 1.61 bits per heavy atom. The summed E-state index contributed by atoms with van der Waals surface area (Å²) >= 11 is 6.01. The van der Waals surface area contributed by atoms with Crippen molar-refractivity contribution in [1.29, 1.82) is 0 Å². The van der Waals surface area contributed by atoms with E-state index < -0.39 is 0 Å². The van der Waals surface area contributed by atoms with Crippen LogP contribution in [0, 0.1) is 20.8 Å². The molecule has 0 aliphatic carbocycles. The molecule has 140 valence electrons. The SMILES string of the molecule is Cc1ccc2oc(-c3ccc(Cl)cc3)cc(=NNc3nc(C)cc(C)n3)c2c1. The van der Waals surface area contributed by atoms with Crippen LogP contribution in [-0.4, -0.2) is 9.97 Å². The van der Waals surface area contributed by atoms with Gasteiger partial charge in [-0.2, -0.15) is 5.10 Å². The Labute approximate surface area is 167 Å². The lowest BCUT2D eigenvalue weighted by Crippen LogP contribution is -2.09. The smallest absolute Gasteiger partial charge is 0.243 e. The lowest BCUT2D eigenvalue weighted by atomic mass is 10.1. The van der Waals surface area contributed by atoms with E-state index in [-0.39, 0.29) is 0 Å². The Hall–Kier alpha value is -3.18. The Kier molecular flexibility index (Phi) is 4.84.